The highest BCUT2D eigenvalue weighted by atomic mass is 32.2. The lowest BCUT2D eigenvalue weighted by atomic mass is 10.4. The van der Waals surface area contributed by atoms with Gasteiger partial charge in [-0.25, -0.2) is 22.5 Å². The van der Waals surface area contributed by atoms with Crippen LogP contribution in [0.1, 0.15) is 18.2 Å². The van der Waals surface area contributed by atoms with E-state index >= 15 is 0 Å². The summed E-state index contributed by atoms with van der Waals surface area (Å²) in [6.07, 6.45) is 3.28. The van der Waals surface area contributed by atoms with E-state index in [1.54, 1.807) is 6.20 Å². The molecule has 1 aliphatic rings. The molecule has 1 aromatic heterocycles. The number of hydrogen-bond acceptors (Lipinski definition) is 5. The van der Waals surface area contributed by atoms with Gasteiger partial charge in [0.25, 0.3) is 0 Å². The molecule has 0 aliphatic carbocycles. The Morgan fingerprint density at radius 2 is 2.35 bits per heavy atom. The molecule has 20 heavy (non-hydrogen) atoms. The maximum Gasteiger partial charge on any atom is 0.321 e. The highest BCUT2D eigenvalue weighted by molar-refractivity contribution is 7.89. The van der Waals surface area contributed by atoms with Gasteiger partial charge in [0.15, 0.2) is 5.13 Å². The van der Waals surface area contributed by atoms with Gasteiger partial charge in [0, 0.05) is 30.7 Å². The van der Waals surface area contributed by atoms with Gasteiger partial charge in [0.05, 0.1) is 5.75 Å². The summed E-state index contributed by atoms with van der Waals surface area (Å²) in [5.74, 6) is 0.206. The highest BCUT2D eigenvalue weighted by Gasteiger charge is 2.27. The summed E-state index contributed by atoms with van der Waals surface area (Å²) >= 11 is 1.43. The van der Waals surface area contributed by atoms with Crippen molar-refractivity contribution in [3.05, 3.63) is 11.1 Å². The number of sulfonamides is 1. The number of aryl methyl sites for hydroxylation is 1. The van der Waals surface area contributed by atoms with Crippen molar-refractivity contribution in [2.24, 2.45) is 0 Å². The van der Waals surface area contributed by atoms with Gasteiger partial charge in [0.2, 0.25) is 10.0 Å². The minimum atomic E-state index is -3.09. The van der Waals surface area contributed by atoms with Crippen LogP contribution in [0.3, 0.4) is 0 Å². The molecule has 1 fully saturated rings. The number of hydrogen-bond donors (Lipinski definition) is 2. The summed E-state index contributed by atoms with van der Waals surface area (Å²) in [5.41, 5.74) is 0. The Hall–Kier alpha value is -1.19. The van der Waals surface area contributed by atoms with E-state index in [2.05, 4.69) is 15.6 Å². The van der Waals surface area contributed by atoms with Crippen LogP contribution in [0, 0.1) is 0 Å². The number of carbonyl (C=O) groups is 1. The first-order valence-electron chi connectivity index (χ1n) is 6.48. The molecule has 1 aliphatic heterocycles. The molecule has 1 aromatic rings. The number of carbonyl (C=O) groups excluding carboxylic acids is 1. The summed E-state index contributed by atoms with van der Waals surface area (Å²) in [6, 6.07) is -0.362. The third-order valence-corrected chi connectivity index (χ3v) is 5.99. The Labute approximate surface area is 122 Å². The van der Waals surface area contributed by atoms with Gasteiger partial charge in [-0.1, -0.05) is 6.92 Å². The normalized spacial score (nSPS) is 18.1. The van der Waals surface area contributed by atoms with Crippen molar-refractivity contribution in [3.63, 3.8) is 0 Å². The van der Waals surface area contributed by atoms with Gasteiger partial charge in [-0.15, -0.1) is 11.3 Å². The number of aromatic nitrogens is 1. The molecule has 0 unspecified atom stereocenters. The van der Waals surface area contributed by atoms with E-state index in [0.29, 0.717) is 24.6 Å². The zero-order chi connectivity index (χ0) is 14.6. The van der Waals surface area contributed by atoms with Crippen LogP contribution in [0.4, 0.5) is 9.93 Å². The number of amides is 2. The molecular weight excluding hydrogens is 300 g/mol. The number of urea groups is 1. The second-order valence-electron chi connectivity index (χ2n) is 4.43. The van der Waals surface area contributed by atoms with Crippen LogP contribution >= 0.6 is 11.3 Å². The Balaban J connectivity index is 1.73. The SMILES string of the molecule is CCc1cnc(NC(=O)NCCN2CCCS2(=O)=O)s1. The molecule has 2 N–H and O–H groups in total. The van der Waals surface area contributed by atoms with Gasteiger partial charge in [-0.2, -0.15) is 0 Å². The lowest BCUT2D eigenvalue weighted by Crippen LogP contribution is -2.37. The van der Waals surface area contributed by atoms with Gasteiger partial charge in [-0.3, -0.25) is 5.32 Å². The molecule has 0 aromatic carbocycles. The molecule has 9 heteroatoms. The first-order valence-corrected chi connectivity index (χ1v) is 8.91. The van der Waals surface area contributed by atoms with E-state index < -0.39 is 10.0 Å². The number of rotatable bonds is 5. The first-order chi connectivity index (χ1) is 9.51. The highest BCUT2D eigenvalue weighted by Crippen LogP contribution is 2.17. The number of nitrogens with zero attached hydrogens (tertiary/aromatic N) is 2. The van der Waals surface area contributed by atoms with Crippen LogP contribution in [0.25, 0.3) is 0 Å². The van der Waals surface area contributed by atoms with Crippen molar-refractivity contribution >= 4 is 32.5 Å². The first kappa shape index (κ1) is 15.2. The fraction of sp³-hybridized carbons (Fsp3) is 0.636. The monoisotopic (exact) mass is 318 g/mol. The Bertz CT molecular complexity index is 570. The largest absolute Gasteiger partial charge is 0.336 e. The van der Waals surface area contributed by atoms with E-state index in [1.807, 2.05) is 6.92 Å². The van der Waals surface area contributed by atoms with E-state index in [1.165, 1.54) is 15.6 Å². The number of nitrogens with one attached hydrogen (secondary N) is 2. The summed E-state index contributed by atoms with van der Waals surface area (Å²) in [5, 5.41) is 5.81. The van der Waals surface area contributed by atoms with E-state index in [9.17, 15) is 13.2 Å². The summed E-state index contributed by atoms with van der Waals surface area (Å²) in [4.78, 5) is 16.8. The fourth-order valence-corrected chi connectivity index (χ4v) is 4.18. The van der Waals surface area contributed by atoms with Crippen LogP contribution < -0.4 is 10.6 Å². The Morgan fingerprint density at radius 3 is 2.95 bits per heavy atom. The quantitative estimate of drug-likeness (QED) is 0.842. The summed E-state index contributed by atoms with van der Waals surface area (Å²) < 4.78 is 24.5. The lowest BCUT2D eigenvalue weighted by Gasteiger charge is -2.14. The van der Waals surface area contributed by atoms with Gasteiger partial charge in [-0.05, 0) is 12.8 Å². The van der Waals surface area contributed by atoms with Crippen molar-refractivity contribution in [2.45, 2.75) is 19.8 Å². The maximum atomic E-state index is 11.6. The number of thiazole rings is 1. The van der Waals surface area contributed by atoms with Crippen molar-refractivity contribution in [3.8, 4) is 0 Å². The van der Waals surface area contributed by atoms with Gasteiger partial charge in [0.1, 0.15) is 0 Å². The second-order valence-corrected chi connectivity index (χ2v) is 7.64. The lowest BCUT2D eigenvalue weighted by molar-refractivity contribution is 0.251. The van der Waals surface area contributed by atoms with Crippen LogP contribution in [0.2, 0.25) is 0 Å². The molecule has 2 rings (SSSR count). The van der Waals surface area contributed by atoms with Crippen LogP contribution in [0.5, 0.6) is 0 Å². The average molecular weight is 318 g/mol. The average Bonchev–Trinajstić information content (AvgIpc) is 2.96. The molecule has 0 radical (unpaired) electrons. The molecule has 0 saturated carbocycles. The predicted octanol–water partition coefficient (Wildman–Crippen LogP) is 0.862. The van der Waals surface area contributed by atoms with Crippen molar-refractivity contribution in [1.29, 1.82) is 0 Å². The molecular formula is C11H18N4O3S2. The maximum absolute atomic E-state index is 11.6. The van der Waals surface area contributed by atoms with Crippen LogP contribution in [0.15, 0.2) is 6.20 Å². The fourth-order valence-electron chi connectivity index (χ4n) is 1.91. The van der Waals surface area contributed by atoms with E-state index in [0.717, 1.165) is 11.3 Å². The molecule has 1 saturated heterocycles. The molecule has 2 amide bonds. The molecule has 0 atom stereocenters. The zero-order valence-electron chi connectivity index (χ0n) is 11.3. The molecule has 7 nitrogen and oxygen atoms in total. The summed E-state index contributed by atoms with van der Waals surface area (Å²) in [6.45, 7) is 3.16. The van der Waals surface area contributed by atoms with Crippen molar-refractivity contribution < 1.29 is 13.2 Å². The number of anilines is 1. The molecule has 112 valence electrons. The Kier molecular flexibility index (Phi) is 4.95. The minimum Gasteiger partial charge on any atom is -0.336 e. The zero-order valence-corrected chi connectivity index (χ0v) is 12.9. The van der Waals surface area contributed by atoms with E-state index in [-0.39, 0.29) is 18.3 Å². The molecule has 0 bridgehead atoms. The summed E-state index contributed by atoms with van der Waals surface area (Å²) in [7, 11) is -3.09. The van der Waals surface area contributed by atoms with Gasteiger partial charge < -0.3 is 5.32 Å². The van der Waals surface area contributed by atoms with Crippen molar-refractivity contribution in [2.75, 3.05) is 30.7 Å². The Morgan fingerprint density at radius 1 is 1.55 bits per heavy atom. The minimum absolute atomic E-state index is 0.206. The predicted molar refractivity (Wildman–Crippen MR) is 78.5 cm³/mol. The second kappa shape index (κ2) is 6.51. The van der Waals surface area contributed by atoms with Crippen molar-refractivity contribution in [1.82, 2.24) is 14.6 Å². The van der Waals surface area contributed by atoms with E-state index in [4.69, 9.17) is 0 Å². The van der Waals surface area contributed by atoms with Gasteiger partial charge >= 0.3 is 6.03 Å². The van der Waals surface area contributed by atoms with Crippen LogP contribution in [-0.4, -0.2) is 49.1 Å². The molecule has 0 spiro atoms. The molecule has 2 heterocycles. The van der Waals surface area contributed by atoms with Crippen LogP contribution in [-0.2, 0) is 16.4 Å². The smallest absolute Gasteiger partial charge is 0.321 e. The third-order valence-electron chi connectivity index (χ3n) is 2.97. The topological polar surface area (TPSA) is 91.4 Å². The standard InChI is InChI=1S/C11H18N4O3S2/c1-2-9-8-13-11(19-9)14-10(16)12-4-6-15-5-3-7-20(15,17)18/h8H,2-7H2,1H3,(H2,12,13,14,16). The third kappa shape index (κ3) is 3.90.